The number of aryl methyl sites for hydroxylation is 1. The van der Waals surface area contributed by atoms with Crippen LogP contribution >= 0.6 is 34.2 Å². The molecular weight excluding hydrogens is 382 g/mol. The SMILES string of the molecule is Cc1cnc(Cl)c(NC(=O)c2ccc(F)cc2I)c1. The van der Waals surface area contributed by atoms with Crippen LogP contribution < -0.4 is 5.32 Å². The van der Waals surface area contributed by atoms with E-state index in [0.29, 0.717) is 14.8 Å². The average molecular weight is 391 g/mol. The predicted octanol–water partition coefficient (Wildman–Crippen LogP) is 4.04. The summed E-state index contributed by atoms with van der Waals surface area (Å²) in [6, 6.07) is 5.70. The molecule has 0 unspecified atom stereocenters. The Bertz CT molecular complexity index is 649. The highest BCUT2D eigenvalue weighted by Crippen LogP contribution is 2.22. The third-order valence-corrected chi connectivity index (χ3v) is 3.59. The maximum atomic E-state index is 13.0. The third kappa shape index (κ3) is 3.42. The number of hydrogen-bond acceptors (Lipinski definition) is 2. The zero-order valence-corrected chi connectivity index (χ0v) is 12.8. The average Bonchev–Trinajstić information content (AvgIpc) is 2.33. The van der Waals surface area contributed by atoms with Crippen molar-refractivity contribution in [3.8, 4) is 0 Å². The van der Waals surface area contributed by atoms with Gasteiger partial charge in [-0.05, 0) is 59.3 Å². The van der Waals surface area contributed by atoms with Gasteiger partial charge in [0.15, 0.2) is 5.15 Å². The number of anilines is 1. The number of halogens is 3. The van der Waals surface area contributed by atoms with Gasteiger partial charge >= 0.3 is 0 Å². The highest BCUT2D eigenvalue weighted by Gasteiger charge is 2.13. The summed E-state index contributed by atoms with van der Waals surface area (Å²) >= 11 is 7.81. The van der Waals surface area contributed by atoms with Crippen LogP contribution in [-0.2, 0) is 0 Å². The molecule has 2 rings (SSSR count). The summed E-state index contributed by atoms with van der Waals surface area (Å²) in [6.07, 6.45) is 1.61. The lowest BCUT2D eigenvalue weighted by Gasteiger charge is -2.08. The van der Waals surface area contributed by atoms with E-state index < -0.39 is 0 Å². The molecule has 0 saturated heterocycles. The molecule has 0 fully saturated rings. The molecule has 19 heavy (non-hydrogen) atoms. The Morgan fingerprint density at radius 1 is 1.42 bits per heavy atom. The maximum absolute atomic E-state index is 13.0. The van der Waals surface area contributed by atoms with E-state index in [1.54, 1.807) is 12.3 Å². The number of amides is 1. The van der Waals surface area contributed by atoms with Crippen molar-refractivity contribution in [2.45, 2.75) is 6.92 Å². The lowest BCUT2D eigenvalue weighted by molar-refractivity contribution is 0.102. The van der Waals surface area contributed by atoms with E-state index in [4.69, 9.17) is 11.6 Å². The number of pyridine rings is 1. The van der Waals surface area contributed by atoms with Gasteiger partial charge in [0, 0.05) is 9.77 Å². The van der Waals surface area contributed by atoms with E-state index >= 15 is 0 Å². The van der Waals surface area contributed by atoms with Crippen molar-refractivity contribution >= 4 is 45.8 Å². The van der Waals surface area contributed by atoms with E-state index in [0.717, 1.165) is 5.56 Å². The first-order valence-corrected chi connectivity index (χ1v) is 6.81. The fourth-order valence-corrected chi connectivity index (χ4v) is 2.38. The number of nitrogens with zero attached hydrogens (tertiary/aromatic N) is 1. The molecule has 1 N–H and O–H groups in total. The molecule has 0 radical (unpaired) electrons. The second-order valence-corrected chi connectivity index (χ2v) is 5.45. The predicted molar refractivity (Wildman–Crippen MR) is 81.1 cm³/mol. The number of aromatic nitrogens is 1. The first-order valence-electron chi connectivity index (χ1n) is 5.36. The first kappa shape index (κ1) is 14.2. The molecule has 1 aromatic carbocycles. The fourth-order valence-electron chi connectivity index (χ4n) is 1.50. The van der Waals surface area contributed by atoms with E-state index in [9.17, 15) is 9.18 Å². The van der Waals surface area contributed by atoms with Gasteiger partial charge in [-0.3, -0.25) is 4.79 Å². The number of carbonyl (C=O) groups excluding carboxylic acids is 1. The molecule has 0 aliphatic heterocycles. The minimum Gasteiger partial charge on any atom is -0.319 e. The molecule has 0 spiro atoms. The lowest BCUT2D eigenvalue weighted by atomic mass is 10.2. The zero-order chi connectivity index (χ0) is 14.0. The van der Waals surface area contributed by atoms with Crippen molar-refractivity contribution in [1.29, 1.82) is 0 Å². The molecule has 0 saturated carbocycles. The topological polar surface area (TPSA) is 42.0 Å². The minimum atomic E-state index is -0.379. The second kappa shape index (κ2) is 5.83. The molecule has 0 atom stereocenters. The minimum absolute atomic E-state index is 0.219. The van der Waals surface area contributed by atoms with Crippen LogP contribution in [0.1, 0.15) is 15.9 Å². The standard InChI is InChI=1S/C13H9ClFIN2O/c1-7-4-11(12(14)17-6-7)18-13(19)9-3-2-8(15)5-10(9)16/h2-6H,1H3,(H,18,19). The monoisotopic (exact) mass is 390 g/mol. The first-order chi connectivity index (χ1) is 8.97. The molecule has 1 amide bonds. The van der Waals surface area contributed by atoms with Gasteiger partial charge in [-0.15, -0.1) is 0 Å². The number of rotatable bonds is 2. The van der Waals surface area contributed by atoms with Crippen LogP contribution in [0.2, 0.25) is 5.15 Å². The van der Waals surface area contributed by atoms with Crippen LogP contribution in [0, 0.1) is 16.3 Å². The Morgan fingerprint density at radius 3 is 2.84 bits per heavy atom. The molecule has 3 nitrogen and oxygen atoms in total. The molecule has 98 valence electrons. The lowest BCUT2D eigenvalue weighted by Crippen LogP contribution is -2.14. The number of nitrogens with one attached hydrogen (secondary N) is 1. The summed E-state index contributed by atoms with van der Waals surface area (Å²) in [7, 11) is 0. The molecule has 1 aromatic heterocycles. The second-order valence-electron chi connectivity index (χ2n) is 3.93. The van der Waals surface area contributed by atoms with Crippen LogP contribution in [0.15, 0.2) is 30.5 Å². The largest absolute Gasteiger partial charge is 0.319 e. The summed E-state index contributed by atoms with van der Waals surface area (Å²) in [5, 5.41) is 2.89. The smallest absolute Gasteiger partial charge is 0.256 e. The Morgan fingerprint density at radius 2 is 2.16 bits per heavy atom. The molecule has 1 heterocycles. The Labute approximate surface area is 128 Å². The van der Waals surface area contributed by atoms with Gasteiger partial charge in [0.1, 0.15) is 5.82 Å². The Kier molecular flexibility index (Phi) is 4.36. The number of hydrogen-bond donors (Lipinski definition) is 1. The van der Waals surface area contributed by atoms with Crippen LogP contribution in [-0.4, -0.2) is 10.9 Å². The van der Waals surface area contributed by atoms with E-state index in [1.165, 1.54) is 18.2 Å². The van der Waals surface area contributed by atoms with E-state index in [1.807, 2.05) is 29.5 Å². The van der Waals surface area contributed by atoms with Gasteiger partial charge in [-0.1, -0.05) is 11.6 Å². The van der Waals surface area contributed by atoms with E-state index in [-0.39, 0.29) is 16.9 Å². The van der Waals surface area contributed by atoms with Crippen LogP contribution in [0.25, 0.3) is 0 Å². The van der Waals surface area contributed by atoms with Crippen molar-refractivity contribution in [1.82, 2.24) is 4.98 Å². The van der Waals surface area contributed by atoms with Crippen LogP contribution in [0.5, 0.6) is 0 Å². The van der Waals surface area contributed by atoms with Gasteiger partial charge in [0.05, 0.1) is 11.3 Å². The van der Waals surface area contributed by atoms with Gasteiger partial charge in [0.25, 0.3) is 5.91 Å². The number of carbonyl (C=O) groups is 1. The molecule has 0 bridgehead atoms. The summed E-state index contributed by atoms with van der Waals surface area (Å²) in [5.41, 5.74) is 1.71. The molecule has 2 aromatic rings. The Hall–Kier alpha value is -1.21. The highest BCUT2D eigenvalue weighted by molar-refractivity contribution is 14.1. The fraction of sp³-hybridized carbons (Fsp3) is 0.0769. The molecule has 0 aliphatic carbocycles. The van der Waals surface area contributed by atoms with Gasteiger partial charge in [-0.25, -0.2) is 9.37 Å². The normalized spacial score (nSPS) is 10.3. The third-order valence-electron chi connectivity index (χ3n) is 2.40. The molecule has 0 aliphatic rings. The van der Waals surface area contributed by atoms with Crippen molar-refractivity contribution in [2.75, 3.05) is 5.32 Å². The summed E-state index contributed by atoms with van der Waals surface area (Å²) in [4.78, 5) is 16.0. The highest BCUT2D eigenvalue weighted by atomic mass is 127. The molecule has 6 heteroatoms. The van der Waals surface area contributed by atoms with Crippen LogP contribution in [0.4, 0.5) is 10.1 Å². The van der Waals surface area contributed by atoms with Gasteiger partial charge in [-0.2, -0.15) is 0 Å². The van der Waals surface area contributed by atoms with Gasteiger partial charge < -0.3 is 5.32 Å². The molecular formula is C13H9ClFIN2O. The zero-order valence-electron chi connectivity index (χ0n) is 9.88. The van der Waals surface area contributed by atoms with Crippen molar-refractivity contribution in [3.05, 3.63) is 56.1 Å². The van der Waals surface area contributed by atoms with Gasteiger partial charge in [0.2, 0.25) is 0 Å². The van der Waals surface area contributed by atoms with Crippen molar-refractivity contribution in [2.24, 2.45) is 0 Å². The summed E-state index contributed by atoms with van der Waals surface area (Å²) in [6.45, 7) is 1.85. The van der Waals surface area contributed by atoms with Crippen molar-refractivity contribution < 1.29 is 9.18 Å². The summed E-state index contributed by atoms with van der Waals surface area (Å²) < 4.78 is 13.5. The van der Waals surface area contributed by atoms with Crippen LogP contribution in [0.3, 0.4) is 0 Å². The Balaban J connectivity index is 2.28. The number of benzene rings is 1. The van der Waals surface area contributed by atoms with Crippen molar-refractivity contribution in [3.63, 3.8) is 0 Å². The maximum Gasteiger partial charge on any atom is 0.256 e. The summed E-state index contributed by atoms with van der Waals surface area (Å²) in [5.74, 6) is -0.727. The van der Waals surface area contributed by atoms with E-state index in [2.05, 4.69) is 10.3 Å². The quantitative estimate of drug-likeness (QED) is 0.621.